The van der Waals surface area contributed by atoms with Crippen LogP contribution in [-0.2, 0) is 6.42 Å². The summed E-state index contributed by atoms with van der Waals surface area (Å²) in [7, 11) is 0. The van der Waals surface area contributed by atoms with Gasteiger partial charge in [0.05, 0.1) is 23.6 Å². The van der Waals surface area contributed by atoms with Crippen molar-refractivity contribution in [3.8, 4) is 6.07 Å². The molecule has 1 fully saturated rings. The van der Waals surface area contributed by atoms with E-state index in [1.54, 1.807) is 23.6 Å². The zero-order valence-electron chi connectivity index (χ0n) is 16.6. The van der Waals surface area contributed by atoms with Crippen molar-refractivity contribution in [1.29, 1.82) is 5.26 Å². The number of likely N-dealkylation sites (tertiary alicyclic amines) is 1. The van der Waals surface area contributed by atoms with Crippen LogP contribution in [0.3, 0.4) is 0 Å². The van der Waals surface area contributed by atoms with Gasteiger partial charge < -0.3 is 9.73 Å². The number of nitrogens with one attached hydrogen (secondary N) is 1. The van der Waals surface area contributed by atoms with E-state index in [4.69, 9.17) is 14.7 Å². The Bertz CT molecular complexity index is 972. The van der Waals surface area contributed by atoms with E-state index in [2.05, 4.69) is 26.6 Å². The second-order valence-electron chi connectivity index (χ2n) is 7.41. The average molecular weight is 408 g/mol. The summed E-state index contributed by atoms with van der Waals surface area (Å²) in [5.74, 6) is 2.06. The Labute approximate surface area is 175 Å². The number of hydrogen-bond acceptors (Lipinski definition) is 7. The fraction of sp³-hybridized carbons (Fsp3) is 0.409. The molecule has 0 amide bonds. The predicted octanol–water partition coefficient (Wildman–Crippen LogP) is 5.21. The maximum atomic E-state index is 8.86. The molecule has 0 unspecified atom stereocenters. The van der Waals surface area contributed by atoms with E-state index in [-0.39, 0.29) is 0 Å². The molecule has 4 rings (SSSR count). The number of rotatable bonds is 7. The summed E-state index contributed by atoms with van der Waals surface area (Å²) in [5, 5.41) is 15.2. The Kier molecular flexibility index (Phi) is 6.23. The van der Waals surface area contributed by atoms with Gasteiger partial charge in [-0.25, -0.2) is 9.97 Å². The normalized spacial score (nSPS) is 17.2. The summed E-state index contributed by atoms with van der Waals surface area (Å²) in [4.78, 5) is 11.5. The minimum absolute atomic E-state index is 0.382. The zero-order valence-corrected chi connectivity index (χ0v) is 17.4. The van der Waals surface area contributed by atoms with Gasteiger partial charge in [0.25, 0.3) is 0 Å². The number of anilines is 2. The molecule has 3 aromatic rings. The number of nitriles is 1. The smallest absolute Gasteiger partial charge is 0.187 e. The standard InChI is InChI=1S/C22H25N5OS/c1-16-7-10-19(28-16)5-4-12-27-11-3-2-6-21(27)20-15-29-22(26-20)25-18-9-8-17(13-23)24-14-18/h7-10,14-15,21H,2-6,11-12H2,1H3,(H,25,26)/t21-/m1/s1. The Hall–Kier alpha value is -2.69. The van der Waals surface area contributed by atoms with E-state index < -0.39 is 0 Å². The van der Waals surface area contributed by atoms with Crippen LogP contribution in [0.4, 0.5) is 10.8 Å². The van der Waals surface area contributed by atoms with Crippen molar-refractivity contribution in [3.05, 3.63) is 58.8 Å². The minimum atomic E-state index is 0.382. The third-order valence-corrected chi connectivity index (χ3v) is 6.05. The van der Waals surface area contributed by atoms with E-state index in [0.29, 0.717) is 11.7 Å². The number of aromatic nitrogens is 2. The molecule has 3 aromatic heterocycles. The van der Waals surface area contributed by atoms with Gasteiger partial charge in [-0.05, 0) is 63.5 Å². The summed E-state index contributed by atoms with van der Waals surface area (Å²) < 4.78 is 5.70. The van der Waals surface area contributed by atoms with Crippen molar-refractivity contribution in [2.24, 2.45) is 0 Å². The third kappa shape index (κ3) is 5.03. The molecular weight excluding hydrogens is 382 g/mol. The fourth-order valence-corrected chi connectivity index (χ4v) is 4.60. The maximum absolute atomic E-state index is 8.86. The van der Waals surface area contributed by atoms with Gasteiger partial charge in [0.1, 0.15) is 23.3 Å². The predicted molar refractivity (Wildman–Crippen MR) is 114 cm³/mol. The lowest BCUT2D eigenvalue weighted by Crippen LogP contribution is -2.34. The summed E-state index contributed by atoms with van der Waals surface area (Å²) in [6, 6.07) is 10.1. The van der Waals surface area contributed by atoms with Gasteiger partial charge in [-0.15, -0.1) is 11.3 Å². The zero-order chi connectivity index (χ0) is 20.1. The van der Waals surface area contributed by atoms with Crippen molar-refractivity contribution in [1.82, 2.24) is 14.9 Å². The molecule has 1 aliphatic heterocycles. The summed E-state index contributed by atoms with van der Waals surface area (Å²) in [5.41, 5.74) is 2.41. The minimum Gasteiger partial charge on any atom is -0.466 e. The number of thiazole rings is 1. The molecule has 4 heterocycles. The largest absolute Gasteiger partial charge is 0.466 e. The summed E-state index contributed by atoms with van der Waals surface area (Å²) in [6.07, 6.45) is 7.40. The third-order valence-electron chi connectivity index (χ3n) is 5.27. The molecular formula is C22H25N5OS. The number of piperidine rings is 1. The molecule has 0 aliphatic carbocycles. The quantitative estimate of drug-likeness (QED) is 0.579. The first kappa shape index (κ1) is 19.6. The van der Waals surface area contributed by atoms with Gasteiger partial charge in [-0.2, -0.15) is 5.26 Å². The first-order chi connectivity index (χ1) is 14.2. The van der Waals surface area contributed by atoms with Gasteiger partial charge >= 0.3 is 0 Å². The highest BCUT2D eigenvalue weighted by atomic mass is 32.1. The molecule has 1 N–H and O–H groups in total. The highest BCUT2D eigenvalue weighted by molar-refractivity contribution is 7.13. The molecule has 0 spiro atoms. The van der Waals surface area contributed by atoms with Gasteiger partial charge in [0.2, 0.25) is 0 Å². The second kappa shape index (κ2) is 9.21. The van der Waals surface area contributed by atoms with Crippen LogP contribution in [0.1, 0.15) is 54.6 Å². The van der Waals surface area contributed by atoms with E-state index in [1.807, 2.05) is 25.1 Å². The molecule has 6 nitrogen and oxygen atoms in total. The first-order valence-electron chi connectivity index (χ1n) is 10.1. The fourth-order valence-electron chi connectivity index (χ4n) is 3.82. The number of hydrogen-bond donors (Lipinski definition) is 1. The molecule has 150 valence electrons. The van der Waals surface area contributed by atoms with E-state index >= 15 is 0 Å². The van der Waals surface area contributed by atoms with Crippen LogP contribution in [0.25, 0.3) is 0 Å². The van der Waals surface area contributed by atoms with Crippen LogP contribution < -0.4 is 5.32 Å². The topological polar surface area (TPSA) is 78.0 Å². The molecule has 0 saturated carbocycles. The van der Waals surface area contributed by atoms with Gasteiger partial charge in [-0.3, -0.25) is 4.90 Å². The molecule has 1 atom stereocenters. The number of nitrogens with zero attached hydrogens (tertiary/aromatic N) is 4. The van der Waals surface area contributed by atoms with Crippen LogP contribution >= 0.6 is 11.3 Å². The van der Waals surface area contributed by atoms with Crippen molar-refractivity contribution in [2.75, 3.05) is 18.4 Å². The van der Waals surface area contributed by atoms with Gasteiger partial charge in [0, 0.05) is 11.8 Å². The molecule has 1 saturated heterocycles. The maximum Gasteiger partial charge on any atom is 0.187 e. The molecule has 0 bridgehead atoms. The van der Waals surface area contributed by atoms with Crippen LogP contribution in [0.5, 0.6) is 0 Å². The Morgan fingerprint density at radius 2 is 2.24 bits per heavy atom. The molecule has 0 aromatic carbocycles. The van der Waals surface area contributed by atoms with E-state index in [1.165, 1.54) is 12.8 Å². The SMILES string of the molecule is Cc1ccc(CCCN2CCCC[C@@H]2c2csc(Nc3ccc(C#N)nc3)n2)o1. The summed E-state index contributed by atoms with van der Waals surface area (Å²) in [6.45, 7) is 4.18. The highest BCUT2D eigenvalue weighted by Crippen LogP contribution is 2.33. The number of pyridine rings is 1. The lowest BCUT2D eigenvalue weighted by atomic mass is 9.99. The lowest BCUT2D eigenvalue weighted by Gasteiger charge is -2.34. The van der Waals surface area contributed by atoms with Crippen molar-refractivity contribution < 1.29 is 4.42 Å². The Morgan fingerprint density at radius 1 is 1.31 bits per heavy atom. The van der Waals surface area contributed by atoms with Crippen molar-refractivity contribution in [3.63, 3.8) is 0 Å². The number of aryl methyl sites for hydroxylation is 2. The first-order valence-corrected chi connectivity index (χ1v) is 11.0. The van der Waals surface area contributed by atoms with Crippen LogP contribution in [0.2, 0.25) is 0 Å². The molecule has 0 radical (unpaired) electrons. The monoisotopic (exact) mass is 407 g/mol. The molecule has 7 heteroatoms. The Balaban J connectivity index is 1.37. The van der Waals surface area contributed by atoms with Crippen LogP contribution in [0.15, 0.2) is 40.3 Å². The molecule has 1 aliphatic rings. The van der Waals surface area contributed by atoms with Gasteiger partial charge in [0.15, 0.2) is 5.13 Å². The van der Waals surface area contributed by atoms with E-state index in [9.17, 15) is 0 Å². The molecule has 29 heavy (non-hydrogen) atoms. The summed E-state index contributed by atoms with van der Waals surface area (Å²) >= 11 is 1.62. The lowest BCUT2D eigenvalue weighted by molar-refractivity contribution is 0.144. The Morgan fingerprint density at radius 3 is 3.00 bits per heavy atom. The highest BCUT2D eigenvalue weighted by Gasteiger charge is 2.25. The second-order valence-corrected chi connectivity index (χ2v) is 8.27. The van der Waals surface area contributed by atoms with E-state index in [0.717, 1.165) is 60.4 Å². The van der Waals surface area contributed by atoms with Crippen LogP contribution in [-0.4, -0.2) is 28.0 Å². The van der Waals surface area contributed by atoms with Crippen molar-refractivity contribution in [2.45, 2.75) is 45.1 Å². The van der Waals surface area contributed by atoms with Crippen molar-refractivity contribution >= 4 is 22.2 Å². The van der Waals surface area contributed by atoms with Crippen LogP contribution in [0, 0.1) is 18.3 Å². The van der Waals surface area contributed by atoms with Gasteiger partial charge in [-0.1, -0.05) is 6.42 Å². The number of furan rings is 1. The average Bonchev–Trinajstić information content (AvgIpc) is 3.38.